The van der Waals surface area contributed by atoms with Crippen molar-refractivity contribution in [1.82, 2.24) is 9.88 Å². The molecule has 0 atom stereocenters. The van der Waals surface area contributed by atoms with Crippen molar-refractivity contribution in [3.63, 3.8) is 0 Å². The highest BCUT2D eigenvalue weighted by Gasteiger charge is 2.27. The Labute approximate surface area is 177 Å². The number of hydrogen-bond donors (Lipinski definition) is 1. The van der Waals surface area contributed by atoms with Crippen LogP contribution in [0.2, 0.25) is 0 Å². The second-order valence-electron chi connectivity index (χ2n) is 7.77. The smallest absolute Gasteiger partial charge is 0.290 e. The Hall–Kier alpha value is -3.03. The third kappa shape index (κ3) is 3.62. The zero-order valence-corrected chi connectivity index (χ0v) is 17.5. The summed E-state index contributed by atoms with van der Waals surface area (Å²) in [5.41, 5.74) is 2.31. The van der Waals surface area contributed by atoms with E-state index in [-0.39, 0.29) is 17.1 Å². The maximum Gasteiger partial charge on any atom is 0.290 e. The molecule has 0 spiro atoms. The molecule has 30 heavy (non-hydrogen) atoms. The van der Waals surface area contributed by atoms with Crippen molar-refractivity contribution in [1.29, 1.82) is 0 Å². The molecule has 1 N–H and O–H groups in total. The number of carbonyl (C=O) groups excluding carboxylic acids is 1. The maximum atomic E-state index is 12.9. The van der Waals surface area contributed by atoms with Crippen molar-refractivity contribution in [3.05, 3.63) is 75.1 Å². The third-order valence-corrected chi connectivity index (χ3v) is 6.63. The topological polar surface area (TPSA) is 67.8 Å². The van der Waals surface area contributed by atoms with Gasteiger partial charge < -0.3 is 14.2 Å². The minimum atomic E-state index is -0.214. The van der Waals surface area contributed by atoms with E-state index in [1.165, 1.54) is 15.7 Å². The Bertz CT molecular complexity index is 1270. The average molecular weight is 421 g/mol. The highest BCUT2D eigenvalue weighted by Crippen LogP contribution is 2.21. The summed E-state index contributed by atoms with van der Waals surface area (Å²) in [6.07, 6.45) is 0. The molecule has 1 fully saturated rings. The van der Waals surface area contributed by atoms with Gasteiger partial charge in [0, 0.05) is 6.07 Å². The molecule has 5 rings (SSSR count). The van der Waals surface area contributed by atoms with Gasteiger partial charge in [0.2, 0.25) is 0 Å². The number of piperazine rings is 1. The van der Waals surface area contributed by atoms with Crippen LogP contribution in [0.15, 0.2) is 57.7 Å². The van der Waals surface area contributed by atoms with E-state index < -0.39 is 0 Å². The fraction of sp³-hybridized carbons (Fsp3) is 0.261. The summed E-state index contributed by atoms with van der Waals surface area (Å²) in [7, 11) is 0. The second-order valence-corrected chi connectivity index (χ2v) is 8.88. The Morgan fingerprint density at radius 3 is 2.77 bits per heavy atom. The number of para-hydroxylation sites is 1. The van der Waals surface area contributed by atoms with Gasteiger partial charge in [-0.3, -0.25) is 9.59 Å². The molecule has 0 aliphatic carbocycles. The van der Waals surface area contributed by atoms with E-state index >= 15 is 0 Å². The van der Waals surface area contributed by atoms with Crippen LogP contribution in [-0.2, 0) is 6.54 Å². The lowest BCUT2D eigenvalue weighted by Gasteiger charge is -2.31. The summed E-state index contributed by atoms with van der Waals surface area (Å²) in [5.74, 6) is -0.0976. The molecule has 0 radical (unpaired) electrons. The molecule has 0 bridgehead atoms. The molecule has 0 unspecified atom stereocenters. The Balaban J connectivity index is 1.27. The van der Waals surface area contributed by atoms with Crippen LogP contribution in [-0.4, -0.2) is 42.0 Å². The number of aryl methyl sites for hydroxylation is 1. The van der Waals surface area contributed by atoms with Crippen LogP contribution < -0.4 is 10.3 Å². The normalized spacial score (nSPS) is 15.2. The van der Waals surface area contributed by atoms with Crippen molar-refractivity contribution in [3.8, 4) is 0 Å². The molecule has 1 amide bonds. The highest BCUT2D eigenvalue weighted by molar-refractivity contribution is 7.18. The van der Waals surface area contributed by atoms with E-state index in [1.807, 2.05) is 31.2 Å². The number of nitrogens with one attached hydrogen (secondary N) is 1. The number of benzene rings is 2. The average Bonchev–Trinajstić information content (AvgIpc) is 3.16. The molecule has 7 heteroatoms. The van der Waals surface area contributed by atoms with Gasteiger partial charge in [-0.25, -0.2) is 4.98 Å². The summed E-state index contributed by atoms with van der Waals surface area (Å²) in [6, 6.07) is 14.9. The summed E-state index contributed by atoms with van der Waals surface area (Å²) < 4.78 is 6.97. The van der Waals surface area contributed by atoms with E-state index in [0.29, 0.717) is 24.1 Å². The first-order valence-corrected chi connectivity index (χ1v) is 10.9. The molecule has 2 aromatic heterocycles. The minimum Gasteiger partial charge on any atom is -0.451 e. The summed E-state index contributed by atoms with van der Waals surface area (Å²) >= 11 is 1.74. The molecular weight excluding hydrogens is 398 g/mol. The molecule has 3 heterocycles. The molecule has 1 saturated heterocycles. The van der Waals surface area contributed by atoms with Gasteiger partial charge in [-0.05, 0) is 31.2 Å². The summed E-state index contributed by atoms with van der Waals surface area (Å²) in [5, 5.41) is 1.64. The monoisotopic (exact) mass is 420 g/mol. The molecule has 1 aliphatic rings. The van der Waals surface area contributed by atoms with Gasteiger partial charge in [0.15, 0.2) is 11.2 Å². The third-order valence-electron chi connectivity index (χ3n) is 5.59. The van der Waals surface area contributed by atoms with Gasteiger partial charge in [-0.15, -0.1) is 11.3 Å². The van der Waals surface area contributed by atoms with Crippen LogP contribution in [0.1, 0.15) is 21.1 Å². The fourth-order valence-electron chi connectivity index (χ4n) is 3.94. The van der Waals surface area contributed by atoms with Crippen LogP contribution in [0.3, 0.4) is 0 Å². The standard InChI is InChI=1S/C23H21N3O3S/c1-15-6-7-19-16(12-15)18(27)13-20(29-19)23(28)26-10-8-25(9-11-26)14-22-24-17-4-2-3-5-21(17)30-22/h2-7,12-13H,8-11,14H2,1H3/p+1. The van der Waals surface area contributed by atoms with Crippen molar-refractivity contribution in [2.75, 3.05) is 26.2 Å². The SMILES string of the molecule is Cc1ccc2oc(C(=O)N3CC[NH+](Cc4nc5ccccc5s4)CC3)cc(=O)c2c1. The first kappa shape index (κ1) is 19.0. The van der Waals surface area contributed by atoms with Crippen molar-refractivity contribution < 1.29 is 14.1 Å². The number of fused-ring (bicyclic) bond motifs is 2. The van der Waals surface area contributed by atoms with Gasteiger partial charge in [0.05, 0.1) is 41.8 Å². The van der Waals surface area contributed by atoms with Crippen LogP contribution >= 0.6 is 11.3 Å². The zero-order chi connectivity index (χ0) is 20.7. The summed E-state index contributed by atoms with van der Waals surface area (Å²) in [4.78, 5) is 33.3. The van der Waals surface area contributed by atoms with E-state index in [9.17, 15) is 9.59 Å². The Morgan fingerprint density at radius 1 is 1.17 bits per heavy atom. The number of amides is 1. The lowest BCUT2D eigenvalue weighted by atomic mass is 10.1. The number of quaternary nitrogens is 1. The van der Waals surface area contributed by atoms with Gasteiger partial charge in [0.25, 0.3) is 5.91 Å². The first-order valence-electron chi connectivity index (χ1n) is 10.1. The van der Waals surface area contributed by atoms with Crippen LogP contribution in [0, 0.1) is 6.92 Å². The van der Waals surface area contributed by atoms with E-state index in [2.05, 4.69) is 6.07 Å². The number of carbonyl (C=O) groups is 1. The van der Waals surface area contributed by atoms with E-state index in [0.717, 1.165) is 35.7 Å². The molecular formula is C23H22N3O3S+. The minimum absolute atomic E-state index is 0.117. The number of hydrogen-bond acceptors (Lipinski definition) is 5. The molecule has 6 nitrogen and oxygen atoms in total. The second kappa shape index (κ2) is 7.66. The molecule has 4 aromatic rings. The van der Waals surface area contributed by atoms with Gasteiger partial charge in [-0.1, -0.05) is 23.8 Å². The predicted octanol–water partition coefficient (Wildman–Crippen LogP) is 2.25. The van der Waals surface area contributed by atoms with Gasteiger partial charge >= 0.3 is 0 Å². The lowest BCUT2D eigenvalue weighted by molar-refractivity contribution is -0.917. The molecule has 152 valence electrons. The quantitative estimate of drug-likeness (QED) is 0.552. The Kier molecular flexibility index (Phi) is 4.84. The van der Waals surface area contributed by atoms with Crippen LogP contribution in [0.25, 0.3) is 21.2 Å². The molecule has 0 saturated carbocycles. The number of aromatic nitrogens is 1. The molecule has 1 aliphatic heterocycles. The molecule has 2 aromatic carbocycles. The lowest BCUT2D eigenvalue weighted by Crippen LogP contribution is -3.13. The van der Waals surface area contributed by atoms with E-state index in [4.69, 9.17) is 9.40 Å². The first-order chi connectivity index (χ1) is 14.6. The van der Waals surface area contributed by atoms with Crippen molar-refractivity contribution in [2.24, 2.45) is 0 Å². The van der Waals surface area contributed by atoms with Crippen molar-refractivity contribution >= 4 is 38.4 Å². The van der Waals surface area contributed by atoms with E-state index in [1.54, 1.807) is 28.4 Å². The number of thiazole rings is 1. The van der Waals surface area contributed by atoms with Gasteiger partial charge in [-0.2, -0.15) is 0 Å². The van der Waals surface area contributed by atoms with Crippen LogP contribution in [0.4, 0.5) is 0 Å². The van der Waals surface area contributed by atoms with Crippen molar-refractivity contribution in [2.45, 2.75) is 13.5 Å². The largest absolute Gasteiger partial charge is 0.451 e. The predicted molar refractivity (Wildman–Crippen MR) is 117 cm³/mol. The maximum absolute atomic E-state index is 12.9. The van der Waals surface area contributed by atoms with Gasteiger partial charge in [0.1, 0.15) is 17.1 Å². The highest BCUT2D eigenvalue weighted by atomic mass is 32.1. The summed E-state index contributed by atoms with van der Waals surface area (Å²) in [6.45, 7) is 5.75. The number of rotatable bonds is 3. The fourth-order valence-corrected chi connectivity index (χ4v) is 4.98. The Morgan fingerprint density at radius 2 is 1.97 bits per heavy atom. The number of nitrogens with zero attached hydrogens (tertiary/aromatic N) is 2. The van der Waals surface area contributed by atoms with Crippen LogP contribution in [0.5, 0.6) is 0 Å². The zero-order valence-electron chi connectivity index (χ0n) is 16.7.